The molecule has 1 aliphatic heterocycles. The number of rotatable bonds is 7. The van der Waals surface area contributed by atoms with E-state index in [1.807, 2.05) is 0 Å². The van der Waals surface area contributed by atoms with Gasteiger partial charge in [0.25, 0.3) is 0 Å². The molecule has 0 aromatic heterocycles. The molecule has 0 aromatic carbocycles. The van der Waals surface area contributed by atoms with E-state index in [2.05, 4.69) is 27.7 Å². The third-order valence-corrected chi connectivity index (χ3v) is 4.60. The van der Waals surface area contributed by atoms with Crippen molar-refractivity contribution in [3.05, 3.63) is 0 Å². The van der Waals surface area contributed by atoms with Crippen LogP contribution < -0.4 is 0 Å². The van der Waals surface area contributed by atoms with Gasteiger partial charge in [-0.2, -0.15) is 0 Å². The quantitative estimate of drug-likeness (QED) is 0.515. The van der Waals surface area contributed by atoms with E-state index < -0.39 is 0 Å². The van der Waals surface area contributed by atoms with E-state index in [4.69, 9.17) is 21.1 Å². The molecule has 1 atom stereocenters. The lowest BCUT2D eigenvalue weighted by Crippen LogP contribution is -2.37. The Kier molecular flexibility index (Phi) is 7.63. The zero-order valence-electron chi connectivity index (χ0n) is 14.8. The summed E-state index contributed by atoms with van der Waals surface area (Å²) < 4.78 is 11.4. The molecule has 22 heavy (non-hydrogen) atoms. The van der Waals surface area contributed by atoms with Gasteiger partial charge in [0.15, 0.2) is 0 Å². The van der Waals surface area contributed by atoms with Crippen LogP contribution in [0.5, 0.6) is 0 Å². The van der Waals surface area contributed by atoms with Crippen LogP contribution in [0.2, 0.25) is 0 Å². The topological polar surface area (TPSA) is 38.8 Å². The van der Waals surface area contributed by atoms with Crippen LogP contribution in [0.1, 0.15) is 53.4 Å². The minimum Gasteiger partial charge on any atom is -0.384 e. The maximum Gasteiger partial charge on any atom is 0.316 e. The molecule has 1 amide bonds. The number of halogens is 1. The van der Waals surface area contributed by atoms with Gasteiger partial charge in [0.1, 0.15) is 0 Å². The van der Waals surface area contributed by atoms with Gasteiger partial charge in [-0.05, 0) is 64.0 Å². The van der Waals surface area contributed by atoms with Gasteiger partial charge >= 0.3 is 5.37 Å². The predicted molar refractivity (Wildman–Crippen MR) is 90.5 cm³/mol. The van der Waals surface area contributed by atoms with Gasteiger partial charge in [-0.15, -0.1) is 0 Å². The fourth-order valence-corrected chi connectivity index (χ4v) is 3.04. The Morgan fingerprint density at radius 1 is 1.18 bits per heavy atom. The van der Waals surface area contributed by atoms with Gasteiger partial charge in [-0.1, -0.05) is 6.92 Å². The SMILES string of the molecule is COCC(C)(CCC1CCN(C(=O)Cl)CC1)COC(C)(C)C. The molecule has 130 valence electrons. The molecule has 0 N–H and O–H groups in total. The molecule has 5 heteroatoms. The standard InChI is InChI=1S/C17H32ClNO3/c1-16(2,3)22-13-17(4,12-21-5)9-6-14-7-10-19(11-8-14)15(18)20/h14H,6-13H2,1-5H3. The zero-order valence-corrected chi connectivity index (χ0v) is 15.5. The van der Waals surface area contributed by atoms with Crippen molar-refractivity contribution in [1.29, 1.82) is 0 Å². The average Bonchev–Trinajstić information content (AvgIpc) is 2.43. The van der Waals surface area contributed by atoms with Crippen LogP contribution in [0.15, 0.2) is 0 Å². The van der Waals surface area contributed by atoms with Crippen molar-refractivity contribution in [3.63, 3.8) is 0 Å². The van der Waals surface area contributed by atoms with E-state index in [0.29, 0.717) is 19.1 Å². The van der Waals surface area contributed by atoms with Crippen LogP contribution in [-0.4, -0.2) is 49.3 Å². The van der Waals surface area contributed by atoms with E-state index >= 15 is 0 Å². The zero-order chi connectivity index (χ0) is 16.8. The van der Waals surface area contributed by atoms with Gasteiger partial charge in [0.2, 0.25) is 0 Å². The van der Waals surface area contributed by atoms with Gasteiger partial charge < -0.3 is 14.4 Å². The van der Waals surface area contributed by atoms with Crippen LogP contribution in [0.3, 0.4) is 0 Å². The van der Waals surface area contributed by atoms with E-state index in [-0.39, 0.29) is 16.4 Å². The number of likely N-dealkylation sites (tertiary alicyclic amines) is 1. The molecule has 1 saturated heterocycles. The first kappa shape index (κ1) is 19.7. The number of amides is 1. The maximum absolute atomic E-state index is 11.1. The Morgan fingerprint density at radius 3 is 2.23 bits per heavy atom. The molecule has 0 aromatic rings. The predicted octanol–water partition coefficient (Wildman–Crippen LogP) is 4.31. The molecule has 1 rings (SSSR count). The molecule has 0 radical (unpaired) electrons. The average molecular weight is 334 g/mol. The summed E-state index contributed by atoms with van der Waals surface area (Å²) in [5.74, 6) is 0.665. The lowest BCUT2D eigenvalue weighted by Gasteiger charge is -2.35. The van der Waals surface area contributed by atoms with Crippen LogP contribution >= 0.6 is 11.6 Å². The van der Waals surface area contributed by atoms with Crippen molar-refractivity contribution < 1.29 is 14.3 Å². The first-order valence-corrected chi connectivity index (χ1v) is 8.60. The Hall–Kier alpha value is -0.320. The minimum atomic E-state index is -0.318. The Balaban J connectivity index is 2.42. The smallest absolute Gasteiger partial charge is 0.316 e. The molecule has 0 saturated carbocycles. The maximum atomic E-state index is 11.1. The molecule has 1 fully saturated rings. The van der Waals surface area contributed by atoms with Gasteiger partial charge in [-0.25, -0.2) is 0 Å². The summed E-state index contributed by atoms with van der Waals surface area (Å²) >= 11 is 5.53. The normalized spacial score (nSPS) is 20.0. The fraction of sp³-hybridized carbons (Fsp3) is 0.941. The highest BCUT2D eigenvalue weighted by molar-refractivity contribution is 6.62. The van der Waals surface area contributed by atoms with E-state index in [0.717, 1.165) is 38.8 Å². The second-order valence-corrected chi connectivity index (χ2v) is 8.19. The first-order valence-electron chi connectivity index (χ1n) is 8.22. The van der Waals surface area contributed by atoms with Crippen molar-refractivity contribution in [2.75, 3.05) is 33.4 Å². The highest BCUT2D eigenvalue weighted by atomic mass is 35.5. The van der Waals surface area contributed by atoms with Crippen molar-refractivity contribution >= 4 is 17.0 Å². The molecular weight excluding hydrogens is 302 g/mol. The lowest BCUT2D eigenvalue weighted by molar-refractivity contribution is -0.0719. The van der Waals surface area contributed by atoms with Gasteiger partial charge in [0, 0.05) is 25.6 Å². The highest BCUT2D eigenvalue weighted by Crippen LogP contribution is 2.31. The van der Waals surface area contributed by atoms with E-state index in [1.165, 1.54) is 0 Å². The number of hydrogen-bond donors (Lipinski definition) is 0. The first-order chi connectivity index (χ1) is 10.2. The summed E-state index contributed by atoms with van der Waals surface area (Å²) in [6.45, 7) is 11.5. The third kappa shape index (κ3) is 7.30. The summed E-state index contributed by atoms with van der Waals surface area (Å²) in [6, 6.07) is 0. The third-order valence-electron chi connectivity index (χ3n) is 4.37. The number of ether oxygens (including phenoxy) is 2. The number of nitrogens with zero attached hydrogens (tertiary/aromatic N) is 1. The van der Waals surface area contributed by atoms with Crippen LogP contribution in [0, 0.1) is 11.3 Å². The van der Waals surface area contributed by atoms with Crippen molar-refractivity contribution in [2.45, 2.75) is 59.0 Å². The number of piperidine rings is 1. The minimum absolute atomic E-state index is 0.0431. The summed E-state index contributed by atoms with van der Waals surface area (Å²) in [5.41, 5.74) is -0.0808. The Bertz CT molecular complexity index is 348. The highest BCUT2D eigenvalue weighted by Gasteiger charge is 2.29. The number of methoxy groups -OCH3 is 1. The molecular formula is C17H32ClNO3. The van der Waals surface area contributed by atoms with E-state index in [9.17, 15) is 4.79 Å². The number of carbonyl (C=O) groups excluding carboxylic acids is 1. The summed E-state index contributed by atoms with van der Waals surface area (Å²) in [6.07, 6.45) is 4.32. The monoisotopic (exact) mass is 333 g/mol. The van der Waals surface area contributed by atoms with Crippen LogP contribution in [0.4, 0.5) is 4.79 Å². The number of hydrogen-bond acceptors (Lipinski definition) is 3. The second kappa shape index (κ2) is 8.51. The number of carbonyl (C=O) groups is 1. The van der Waals surface area contributed by atoms with E-state index in [1.54, 1.807) is 12.0 Å². The summed E-state index contributed by atoms with van der Waals surface area (Å²) in [7, 11) is 1.75. The molecule has 0 bridgehead atoms. The molecule has 1 unspecified atom stereocenters. The molecule has 4 nitrogen and oxygen atoms in total. The van der Waals surface area contributed by atoms with Gasteiger partial charge in [-0.3, -0.25) is 4.79 Å². The lowest BCUT2D eigenvalue weighted by atomic mass is 9.81. The largest absolute Gasteiger partial charge is 0.384 e. The van der Waals surface area contributed by atoms with Crippen molar-refractivity contribution in [1.82, 2.24) is 4.90 Å². The van der Waals surface area contributed by atoms with Crippen LogP contribution in [0.25, 0.3) is 0 Å². The van der Waals surface area contributed by atoms with Crippen molar-refractivity contribution in [3.8, 4) is 0 Å². The van der Waals surface area contributed by atoms with Crippen LogP contribution in [-0.2, 0) is 9.47 Å². The summed E-state index contributed by atoms with van der Waals surface area (Å²) in [5, 5.41) is -0.318. The molecule has 0 aliphatic carbocycles. The fourth-order valence-electron chi connectivity index (χ4n) is 2.88. The van der Waals surface area contributed by atoms with Crippen molar-refractivity contribution in [2.24, 2.45) is 11.3 Å². The van der Waals surface area contributed by atoms with Gasteiger partial charge in [0.05, 0.1) is 18.8 Å². The molecule has 1 aliphatic rings. The molecule has 0 spiro atoms. The second-order valence-electron chi connectivity index (χ2n) is 7.87. The molecule has 1 heterocycles. The Morgan fingerprint density at radius 2 is 1.77 bits per heavy atom. The summed E-state index contributed by atoms with van der Waals surface area (Å²) in [4.78, 5) is 12.9. The Labute approximate surface area is 140 Å².